The minimum atomic E-state index is -0.268. The molecule has 1 aliphatic rings. The number of rotatable bonds is 4. The molecule has 1 amide bonds. The van der Waals surface area contributed by atoms with Crippen molar-refractivity contribution < 1.29 is 9.53 Å². The van der Waals surface area contributed by atoms with Crippen LogP contribution in [-0.2, 0) is 4.79 Å². The molecule has 1 fully saturated rings. The average Bonchev–Trinajstić information content (AvgIpc) is 2.92. The van der Waals surface area contributed by atoms with Gasteiger partial charge in [-0.15, -0.1) is 0 Å². The Morgan fingerprint density at radius 2 is 2.16 bits per heavy atom. The molecule has 0 spiro atoms. The highest BCUT2D eigenvalue weighted by atomic mass is 79.9. The van der Waals surface area contributed by atoms with Crippen molar-refractivity contribution in [2.45, 2.75) is 25.3 Å². The van der Waals surface area contributed by atoms with Gasteiger partial charge in [0.1, 0.15) is 5.75 Å². The summed E-state index contributed by atoms with van der Waals surface area (Å²) in [6.45, 7) is 1.75. The van der Waals surface area contributed by atoms with Crippen molar-refractivity contribution in [3.63, 3.8) is 0 Å². The maximum absolute atomic E-state index is 12.0. The summed E-state index contributed by atoms with van der Waals surface area (Å²) in [5.41, 5.74) is 7.06. The number of likely N-dealkylation sites (tertiary alicyclic amines) is 1. The standard InChI is InChI=1S/C14H19BrN2O2/c1-19-13-5-4-10(8-11(13)15)12(16)9-14(18)17-6-2-3-7-17/h4-5,8,12H,2-3,6-7,9,16H2,1H3. The lowest BCUT2D eigenvalue weighted by molar-refractivity contribution is -0.130. The van der Waals surface area contributed by atoms with Gasteiger partial charge in [-0.05, 0) is 46.5 Å². The predicted molar refractivity (Wildman–Crippen MR) is 78.1 cm³/mol. The third kappa shape index (κ3) is 3.48. The Hall–Kier alpha value is -1.07. The van der Waals surface area contributed by atoms with Crippen LogP contribution >= 0.6 is 15.9 Å². The van der Waals surface area contributed by atoms with E-state index >= 15 is 0 Å². The number of hydrogen-bond donors (Lipinski definition) is 1. The Balaban J connectivity index is 2.00. The molecule has 1 saturated heterocycles. The van der Waals surface area contributed by atoms with Gasteiger partial charge in [0.05, 0.1) is 11.6 Å². The first-order valence-electron chi connectivity index (χ1n) is 6.48. The summed E-state index contributed by atoms with van der Waals surface area (Å²) in [5.74, 6) is 0.916. The SMILES string of the molecule is COc1ccc(C(N)CC(=O)N2CCCC2)cc1Br. The first kappa shape index (κ1) is 14.3. The van der Waals surface area contributed by atoms with Crippen molar-refractivity contribution in [3.05, 3.63) is 28.2 Å². The molecule has 0 saturated carbocycles. The van der Waals surface area contributed by atoms with Gasteiger partial charge in [-0.25, -0.2) is 0 Å². The number of halogens is 1. The smallest absolute Gasteiger partial charge is 0.224 e. The highest BCUT2D eigenvalue weighted by Gasteiger charge is 2.21. The van der Waals surface area contributed by atoms with Crippen molar-refractivity contribution >= 4 is 21.8 Å². The van der Waals surface area contributed by atoms with Crippen LogP contribution in [-0.4, -0.2) is 31.0 Å². The van der Waals surface area contributed by atoms with E-state index in [9.17, 15) is 4.79 Å². The number of carbonyl (C=O) groups is 1. The van der Waals surface area contributed by atoms with Crippen LogP contribution in [0.4, 0.5) is 0 Å². The molecule has 0 radical (unpaired) electrons. The van der Waals surface area contributed by atoms with Crippen LogP contribution in [0.3, 0.4) is 0 Å². The number of amides is 1. The Morgan fingerprint density at radius 3 is 2.74 bits per heavy atom. The van der Waals surface area contributed by atoms with Crippen molar-refractivity contribution in [3.8, 4) is 5.75 Å². The van der Waals surface area contributed by atoms with E-state index < -0.39 is 0 Å². The molecule has 19 heavy (non-hydrogen) atoms. The van der Waals surface area contributed by atoms with Crippen LogP contribution in [0.15, 0.2) is 22.7 Å². The van der Waals surface area contributed by atoms with E-state index in [1.165, 1.54) is 0 Å². The second-order valence-electron chi connectivity index (χ2n) is 4.79. The van der Waals surface area contributed by atoms with E-state index in [1.54, 1.807) is 7.11 Å². The van der Waals surface area contributed by atoms with Gasteiger partial charge in [-0.2, -0.15) is 0 Å². The molecule has 104 valence electrons. The number of ether oxygens (including phenoxy) is 1. The van der Waals surface area contributed by atoms with Crippen LogP contribution in [0.25, 0.3) is 0 Å². The van der Waals surface area contributed by atoms with Crippen LogP contribution in [0, 0.1) is 0 Å². The summed E-state index contributed by atoms with van der Waals surface area (Å²) in [4.78, 5) is 13.9. The maximum Gasteiger partial charge on any atom is 0.224 e. The first-order valence-corrected chi connectivity index (χ1v) is 7.28. The van der Waals surface area contributed by atoms with E-state index in [0.717, 1.165) is 41.7 Å². The second kappa shape index (κ2) is 6.39. The normalized spacial score (nSPS) is 16.5. The molecule has 0 aliphatic carbocycles. The number of benzene rings is 1. The van der Waals surface area contributed by atoms with Crippen LogP contribution in [0.2, 0.25) is 0 Å². The molecule has 5 heteroatoms. The zero-order valence-electron chi connectivity index (χ0n) is 11.1. The van der Waals surface area contributed by atoms with Crippen molar-refractivity contribution in [2.24, 2.45) is 5.73 Å². The fraction of sp³-hybridized carbons (Fsp3) is 0.500. The molecular weight excluding hydrogens is 308 g/mol. The molecule has 1 unspecified atom stereocenters. The van der Waals surface area contributed by atoms with Crippen LogP contribution in [0.1, 0.15) is 30.9 Å². The largest absolute Gasteiger partial charge is 0.496 e. The number of methoxy groups -OCH3 is 1. The molecule has 1 aliphatic heterocycles. The molecule has 1 aromatic rings. The zero-order chi connectivity index (χ0) is 13.8. The van der Waals surface area contributed by atoms with E-state index in [4.69, 9.17) is 10.5 Å². The van der Waals surface area contributed by atoms with Gasteiger partial charge in [0.2, 0.25) is 5.91 Å². The van der Waals surface area contributed by atoms with Gasteiger partial charge in [-0.1, -0.05) is 6.07 Å². The van der Waals surface area contributed by atoms with Crippen molar-refractivity contribution in [1.82, 2.24) is 4.90 Å². The lowest BCUT2D eigenvalue weighted by Gasteiger charge is -2.19. The minimum Gasteiger partial charge on any atom is -0.496 e. The summed E-state index contributed by atoms with van der Waals surface area (Å²) in [7, 11) is 1.62. The first-order chi connectivity index (χ1) is 9.11. The monoisotopic (exact) mass is 326 g/mol. The Kier molecular flexibility index (Phi) is 4.82. The third-order valence-electron chi connectivity index (χ3n) is 3.46. The van der Waals surface area contributed by atoms with Gasteiger partial charge < -0.3 is 15.4 Å². The quantitative estimate of drug-likeness (QED) is 0.924. The number of nitrogens with two attached hydrogens (primary N) is 1. The van der Waals surface area contributed by atoms with Gasteiger partial charge in [0, 0.05) is 25.6 Å². The predicted octanol–water partition coefficient (Wildman–Crippen LogP) is 2.47. The Morgan fingerprint density at radius 1 is 1.47 bits per heavy atom. The molecule has 2 N–H and O–H groups in total. The number of nitrogens with zero attached hydrogens (tertiary/aromatic N) is 1. The lowest BCUT2D eigenvalue weighted by Crippen LogP contribution is -2.30. The molecular formula is C14H19BrN2O2. The highest BCUT2D eigenvalue weighted by Crippen LogP contribution is 2.28. The third-order valence-corrected chi connectivity index (χ3v) is 4.08. The molecule has 4 nitrogen and oxygen atoms in total. The van der Waals surface area contributed by atoms with Crippen LogP contribution < -0.4 is 10.5 Å². The van der Waals surface area contributed by atoms with Gasteiger partial charge >= 0.3 is 0 Å². The topological polar surface area (TPSA) is 55.6 Å². The lowest BCUT2D eigenvalue weighted by atomic mass is 10.0. The van der Waals surface area contributed by atoms with Crippen LogP contribution in [0.5, 0.6) is 5.75 Å². The summed E-state index contributed by atoms with van der Waals surface area (Å²) in [5, 5.41) is 0. The molecule has 0 aromatic heterocycles. The van der Waals surface area contributed by atoms with E-state index in [2.05, 4.69) is 15.9 Å². The molecule has 2 rings (SSSR count). The summed E-state index contributed by atoms with van der Waals surface area (Å²) < 4.78 is 6.04. The Bertz CT molecular complexity index is 459. The summed E-state index contributed by atoms with van der Waals surface area (Å²) in [6.07, 6.45) is 2.57. The minimum absolute atomic E-state index is 0.150. The summed E-state index contributed by atoms with van der Waals surface area (Å²) >= 11 is 3.43. The molecule has 1 atom stereocenters. The van der Waals surface area contributed by atoms with Gasteiger partial charge in [0.15, 0.2) is 0 Å². The van der Waals surface area contributed by atoms with Gasteiger partial charge in [0.25, 0.3) is 0 Å². The van der Waals surface area contributed by atoms with Crippen molar-refractivity contribution in [2.75, 3.05) is 20.2 Å². The summed E-state index contributed by atoms with van der Waals surface area (Å²) in [6, 6.07) is 5.42. The average molecular weight is 327 g/mol. The van der Waals surface area contributed by atoms with E-state index in [1.807, 2.05) is 23.1 Å². The molecule has 0 bridgehead atoms. The number of hydrogen-bond acceptors (Lipinski definition) is 3. The fourth-order valence-corrected chi connectivity index (χ4v) is 2.87. The maximum atomic E-state index is 12.0. The zero-order valence-corrected chi connectivity index (χ0v) is 12.6. The molecule has 1 heterocycles. The second-order valence-corrected chi connectivity index (χ2v) is 5.65. The fourth-order valence-electron chi connectivity index (χ4n) is 2.31. The Labute approximate surface area is 122 Å². The number of carbonyl (C=O) groups excluding carboxylic acids is 1. The highest BCUT2D eigenvalue weighted by molar-refractivity contribution is 9.10. The van der Waals surface area contributed by atoms with E-state index in [-0.39, 0.29) is 11.9 Å². The van der Waals surface area contributed by atoms with Gasteiger partial charge in [-0.3, -0.25) is 4.79 Å². The molecule has 1 aromatic carbocycles. The van der Waals surface area contributed by atoms with E-state index in [0.29, 0.717) is 6.42 Å². The van der Waals surface area contributed by atoms with Crippen molar-refractivity contribution in [1.29, 1.82) is 0 Å².